The highest BCUT2D eigenvalue weighted by atomic mass is 32.1. The number of fused-ring (bicyclic) bond motifs is 1. The number of halogens is 1. The van der Waals surface area contributed by atoms with Gasteiger partial charge in [-0.05, 0) is 48.4 Å². The van der Waals surface area contributed by atoms with Crippen LogP contribution in [-0.4, -0.2) is 35.3 Å². The van der Waals surface area contributed by atoms with E-state index in [0.717, 1.165) is 5.56 Å². The Morgan fingerprint density at radius 3 is 2.46 bits per heavy atom. The number of thiophene rings is 1. The summed E-state index contributed by atoms with van der Waals surface area (Å²) in [6.07, 6.45) is 1.01. The van der Waals surface area contributed by atoms with Crippen LogP contribution >= 0.6 is 11.3 Å². The van der Waals surface area contributed by atoms with E-state index in [1.54, 1.807) is 61.1 Å². The Balaban J connectivity index is 2.02. The average Bonchev–Trinajstić information content (AvgIpc) is 3.22. The van der Waals surface area contributed by atoms with Crippen LogP contribution in [0.5, 0.6) is 5.75 Å². The maximum Gasteiger partial charge on any atom is 0.341 e. The third-order valence-corrected chi connectivity index (χ3v) is 6.83. The van der Waals surface area contributed by atoms with Crippen LogP contribution in [0.25, 0.3) is 20.7 Å². The Morgan fingerprint density at radius 2 is 1.83 bits per heavy atom. The minimum atomic E-state index is -1.40. The standard InChI is InChI=1S/C26H22FNO6S/c1-3-34-21(29)12-18-22-23(30)19(26(31)32)14-28(13-16-6-4-5-7-20(16)27)25(22)35-24(18)15-8-10-17(33-2)11-9-15/h4-11,14H,3,12-13H2,1-2H3,(H,31,32). The molecule has 4 aromatic rings. The van der Waals surface area contributed by atoms with E-state index in [1.807, 2.05) is 0 Å². The number of aromatic carboxylic acids is 1. The van der Waals surface area contributed by atoms with E-state index in [1.165, 1.54) is 23.6 Å². The van der Waals surface area contributed by atoms with Gasteiger partial charge in [-0.15, -0.1) is 11.3 Å². The zero-order valence-corrected chi connectivity index (χ0v) is 19.9. The van der Waals surface area contributed by atoms with Crippen molar-refractivity contribution in [3.8, 4) is 16.2 Å². The molecule has 180 valence electrons. The third-order valence-electron chi connectivity index (χ3n) is 5.51. The molecule has 1 N–H and O–H groups in total. The van der Waals surface area contributed by atoms with Crippen LogP contribution in [0.1, 0.15) is 28.4 Å². The number of hydrogen-bond acceptors (Lipinski definition) is 6. The second-order valence-electron chi connectivity index (χ2n) is 7.70. The topological polar surface area (TPSA) is 94.8 Å². The van der Waals surface area contributed by atoms with Crippen LogP contribution in [0, 0.1) is 5.82 Å². The van der Waals surface area contributed by atoms with E-state index in [2.05, 4.69) is 0 Å². The van der Waals surface area contributed by atoms with Crippen LogP contribution in [0.15, 0.2) is 59.5 Å². The average molecular weight is 496 g/mol. The second-order valence-corrected chi connectivity index (χ2v) is 8.70. The monoisotopic (exact) mass is 495 g/mol. The first kappa shape index (κ1) is 24.2. The van der Waals surface area contributed by atoms with Crippen molar-refractivity contribution in [3.63, 3.8) is 0 Å². The van der Waals surface area contributed by atoms with Crippen LogP contribution in [0.2, 0.25) is 0 Å². The number of carbonyl (C=O) groups excluding carboxylic acids is 1. The van der Waals surface area contributed by atoms with Crippen molar-refractivity contribution in [2.45, 2.75) is 19.9 Å². The predicted molar refractivity (Wildman–Crippen MR) is 131 cm³/mol. The summed E-state index contributed by atoms with van der Waals surface area (Å²) < 4.78 is 26.3. The van der Waals surface area contributed by atoms with E-state index < -0.39 is 28.7 Å². The normalized spacial score (nSPS) is 10.9. The number of carboxylic acids is 1. The SMILES string of the molecule is CCOC(=O)Cc1c(-c2ccc(OC)cc2)sc2c1c(=O)c(C(=O)O)cn2Cc1ccccc1F. The summed E-state index contributed by atoms with van der Waals surface area (Å²) in [5.41, 5.74) is 0.273. The summed E-state index contributed by atoms with van der Waals surface area (Å²) in [5.74, 6) is -1.76. The van der Waals surface area contributed by atoms with E-state index in [9.17, 15) is 23.9 Å². The van der Waals surface area contributed by atoms with Gasteiger partial charge in [0.15, 0.2) is 0 Å². The Hall–Kier alpha value is -3.98. The molecule has 35 heavy (non-hydrogen) atoms. The lowest BCUT2D eigenvalue weighted by molar-refractivity contribution is -0.142. The van der Waals surface area contributed by atoms with Gasteiger partial charge in [-0.2, -0.15) is 0 Å². The lowest BCUT2D eigenvalue weighted by Gasteiger charge is -2.11. The van der Waals surface area contributed by atoms with Crippen molar-refractivity contribution < 1.29 is 28.6 Å². The van der Waals surface area contributed by atoms with Gasteiger partial charge in [-0.1, -0.05) is 18.2 Å². The number of esters is 1. The molecule has 9 heteroatoms. The van der Waals surface area contributed by atoms with Gasteiger partial charge in [0, 0.05) is 16.6 Å². The van der Waals surface area contributed by atoms with E-state index >= 15 is 0 Å². The minimum Gasteiger partial charge on any atom is -0.497 e. The Labute approximate surface area is 204 Å². The summed E-state index contributed by atoms with van der Waals surface area (Å²) >= 11 is 1.24. The van der Waals surface area contributed by atoms with Crippen molar-refractivity contribution in [3.05, 3.63) is 87.5 Å². The van der Waals surface area contributed by atoms with Gasteiger partial charge < -0.3 is 19.1 Å². The molecular formula is C26H22FNO6S. The molecule has 0 unspecified atom stereocenters. The van der Waals surface area contributed by atoms with Crippen molar-refractivity contribution in [2.75, 3.05) is 13.7 Å². The van der Waals surface area contributed by atoms with E-state index in [4.69, 9.17) is 9.47 Å². The third kappa shape index (κ3) is 4.81. The first-order valence-corrected chi connectivity index (χ1v) is 11.6. The molecular weight excluding hydrogens is 473 g/mol. The van der Waals surface area contributed by atoms with Crippen molar-refractivity contribution in [1.29, 1.82) is 0 Å². The van der Waals surface area contributed by atoms with Crippen LogP contribution in [0.4, 0.5) is 4.39 Å². The Morgan fingerprint density at radius 1 is 1.11 bits per heavy atom. The number of nitrogens with zero attached hydrogens (tertiary/aromatic N) is 1. The molecule has 4 rings (SSSR count). The highest BCUT2D eigenvalue weighted by Crippen LogP contribution is 2.39. The van der Waals surface area contributed by atoms with Crippen molar-refractivity contribution in [2.24, 2.45) is 0 Å². The fraction of sp³-hybridized carbons (Fsp3) is 0.192. The second kappa shape index (κ2) is 10.1. The van der Waals surface area contributed by atoms with E-state index in [0.29, 0.717) is 26.6 Å². The number of carbonyl (C=O) groups is 2. The first-order chi connectivity index (χ1) is 16.8. The van der Waals surface area contributed by atoms with Crippen LogP contribution < -0.4 is 10.2 Å². The van der Waals surface area contributed by atoms with Gasteiger partial charge in [0.1, 0.15) is 22.0 Å². The van der Waals surface area contributed by atoms with E-state index in [-0.39, 0.29) is 25.0 Å². The molecule has 7 nitrogen and oxygen atoms in total. The summed E-state index contributed by atoms with van der Waals surface area (Å²) in [7, 11) is 1.55. The van der Waals surface area contributed by atoms with Crippen LogP contribution in [-0.2, 0) is 22.5 Å². The lowest BCUT2D eigenvalue weighted by atomic mass is 10.0. The summed E-state index contributed by atoms with van der Waals surface area (Å²) in [4.78, 5) is 38.8. The number of rotatable bonds is 8. The summed E-state index contributed by atoms with van der Waals surface area (Å²) in [5, 5.41) is 9.84. The first-order valence-electron chi connectivity index (χ1n) is 10.8. The van der Waals surface area contributed by atoms with Gasteiger partial charge in [0.05, 0.1) is 32.1 Å². The number of methoxy groups -OCH3 is 1. The molecule has 0 saturated carbocycles. The Kier molecular flexibility index (Phi) is 6.97. The minimum absolute atomic E-state index is 0.00510. The van der Waals surface area contributed by atoms with Gasteiger partial charge >= 0.3 is 11.9 Å². The number of pyridine rings is 1. The molecule has 0 aliphatic rings. The molecule has 2 aromatic carbocycles. The molecule has 0 bridgehead atoms. The number of hydrogen-bond donors (Lipinski definition) is 1. The van der Waals surface area contributed by atoms with Gasteiger partial charge in [-0.25, -0.2) is 9.18 Å². The van der Waals surface area contributed by atoms with Crippen molar-refractivity contribution in [1.82, 2.24) is 4.57 Å². The molecule has 0 amide bonds. The highest BCUT2D eigenvalue weighted by molar-refractivity contribution is 7.22. The fourth-order valence-electron chi connectivity index (χ4n) is 3.88. The number of benzene rings is 2. The number of aromatic nitrogens is 1. The molecule has 2 heterocycles. The molecule has 2 aromatic heterocycles. The van der Waals surface area contributed by atoms with Gasteiger partial charge in [0.2, 0.25) is 5.43 Å². The number of carboxylic acid groups (broad SMARTS) is 1. The zero-order valence-electron chi connectivity index (χ0n) is 19.0. The maximum atomic E-state index is 14.4. The molecule has 0 radical (unpaired) electrons. The van der Waals surface area contributed by atoms with Crippen LogP contribution in [0.3, 0.4) is 0 Å². The van der Waals surface area contributed by atoms with Crippen molar-refractivity contribution >= 4 is 33.5 Å². The molecule has 0 fully saturated rings. The number of ether oxygens (including phenoxy) is 2. The van der Waals surface area contributed by atoms with Gasteiger partial charge in [0.25, 0.3) is 0 Å². The Bertz CT molecular complexity index is 1470. The largest absolute Gasteiger partial charge is 0.497 e. The molecule has 0 spiro atoms. The summed E-state index contributed by atoms with van der Waals surface area (Å²) in [6, 6.07) is 13.2. The molecule has 0 aliphatic carbocycles. The molecule has 0 saturated heterocycles. The highest BCUT2D eigenvalue weighted by Gasteiger charge is 2.25. The molecule has 0 atom stereocenters. The lowest BCUT2D eigenvalue weighted by Crippen LogP contribution is -2.20. The van der Waals surface area contributed by atoms with Gasteiger partial charge in [-0.3, -0.25) is 9.59 Å². The summed E-state index contributed by atoms with van der Waals surface area (Å²) in [6.45, 7) is 1.85. The molecule has 0 aliphatic heterocycles. The predicted octanol–water partition coefficient (Wildman–Crippen LogP) is 4.73. The smallest absolute Gasteiger partial charge is 0.341 e. The zero-order chi connectivity index (χ0) is 25.1. The maximum absolute atomic E-state index is 14.4. The quantitative estimate of drug-likeness (QED) is 0.355. The fourth-order valence-corrected chi connectivity index (χ4v) is 5.17.